The van der Waals surface area contributed by atoms with Gasteiger partial charge in [-0.15, -0.1) is 0 Å². The molecular formula is C18H22N2O2. The molecule has 4 nitrogen and oxygen atoms in total. The molecule has 0 saturated carbocycles. The third-order valence-corrected chi connectivity index (χ3v) is 3.68. The standard InChI is InChI=1S/C18H22N2O2/c1-4-16(22-17-9-5-7-13(2)14(17)3)18(21)20-12-15-8-6-10-19-11-15/h5-11,16H,4,12H2,1-3H3,(H,20,21)/t16-/m1/s1. The number of benzene rings is 1. The van der Waals surface area contributed by atoms with Gasteiger partial charge < -0.3 is 10.1 Å². The van der Waals surface area contributed by atoms with Crippen molar-refractivity contribution >= 4 is 5.91 Å². The Labute approximate surface area is 131 Å². The van der Waals surface area contributed by atoms with Crippen molar-refractivity contribution in [3.63, 3.8) is 0 Å². The van der Waals surface area contributed by atoms with Gasteiger partial charge in [-0.25, -0.2) is 0 Å². The van der Waals surface area contributed by atoms with E-state index in [2.05, 4.69) is 10.3 Å². The summed E-state index contributed by atoms with van der Waals surface area (Å²) >= 11 is 0. The zero-order valence-corrected chi connectivity index (χ0v) is 13.3. The summed E-state index contributed by atoms with van der Waals surface area (Å²) in [5.41, 5.74) is 3.20. The van der Waals surface area contributed by atoms with Crippen LogP contribution in [0.2, 0.25) is 0 Å². The Bertz CT molecular complexity index is 626. The molecule has 2 rings (SSSR count). The van der Waals surface area contributed by atoms with E-state index in [1.165, 1.54) is 0 Å². The van der Waals surface area contributed by atoms with Crippen molar-refractivity contribution in [2.75, 3.05) is 0 Å². The first-order valence-corrected chi connectivity index (χ1v) is 7.51. The third kappa shape index (κ3) is 4.07. The summed E-state index contributed by atoms with van der Waals surface area (Å²) in [7, 11) is 0. The summed E-state index contributed by atoms with van der Waals surface area (Å²) in [5.74, 6) is 0.663. The molecule has 1 aromatic heterocycles. The molecular weight excluding hydrogens is 276 g/mol. The van der Waals surface area contributed by atoms with Crippen LogP contribution in [0.4, 0.5) is 0 Å². The molecule has 0 aliphatic rings. The number of rotatable bonds is 6. The summed E-state index contributed by atoms with van der Waals surface area (Å²) < 4.78 is 5.90. The van der Waals surface area contributed by atoms with Crippen molar-refractivity contribution < 1.29 is 9.53 Å². The molecule has 0 fully saturated rings. The molecule has 116 valence electrons. The number of ether oxygens (including phenoxy) is 1. The number of carbonyl (C=O) groups excluding carboxylic acids is 1. The average molecular weight is 298 g/mol. The first kappa shape index (κ1) is 16.0. The molecule has 2 aromatic rings. The maximum atomic E-state index is 12.3. The summed E-state index contributed by atoms with van der Waals surface area (Å²) in [6.45, 7) is 6.44. The van der Waals surface area contributed by atoms with E-state index >= 15 is 0 Å². The number of aryl methyl sites for hydroxylation is 1. The zero-order chi connectivity index (χ0) is 15.9. The summed E-state index contributed by atoms with van der Waals surface area (Å²) in [5, 5.41) is 2.90. The molecule has 1 amide bonds. The van der Waals surface area contributed by atoms with Crippen molar-refractivity contribution in [3.05, 3.63) is 59.4 Å². The summed E-state index contributed by atoms with van der Waals surface area (Å²) in [6, 6.07) is 9.66. The van der Waals surface area contributed by atoms with Crippen molar-refractivity contribution in [1.82, 2.24) is 10.3 Å². The van der Waals surface area contributed by atoms with Gasteiger partial charge in [0.1, 0.15) is 5.75 Å². The van der Waals surface area contributed by atoms with Crippen LogP contribution in [0.15, 0.2) is 42.7 Å². The second-order valence-electron chi connectivity index (χ2n) is 5.29. The normalized spacial score (nSPS) is 11.8. The van der Waals surface area contributed by atoms with Crippen molar-refractivity contribution in [2.24, 2.45) is 0 Å². The Morgan fingerprint density at radius 2 is 2.09 bits per heavy atom. The van der Waals surface area contributed by atoms with Crippen molar-refractivity contribution in [2.45, 2.75) is 39.8 Å². The van der Waals surface area contributed by atoms with Gasteiger partial charge in [0.2, 0.25) is 0 Å². The van der Waals surface area contributed by atoms with Crippen LogP contribution < -0.4 is 10.1 Å². The van der Waals surface area contributed by atoms with Gasteiger partial charge in [-0.1, -0.05) is 25.1 Å². The molecule has 0 bridgehead atoms. The molecule has 0 aliphatic heterocycles. The molecule has 4 heteroatoms. The molecule has 22 heavy (non-hydrogen) atoms. The largest absolute Gasteiger partial charge is 0.480 e. The van der Waals surface area contributed by atoms with Crippen LogP contribution in [0.5, 0.6) is 5.75 Å². The van der Waals surface area contributed by atoms with Gasteiger partial charge in [-0.05, 0) is 49.1 Å². The Balaban J connectivity index is 1.98. The molecule has 0 unspecified atom stereocenters. The topological polar surface area (TPSA) is 51.2 Å². The molecule has 0 spiro atoms. The predicted octanol–water partition coefficient (Wildman–Crippen LogP) is 3.17. The molecule has 0 saturated heterocycles. The predicted molar refractivity (Wildman–Crippen MR) is 86.7 cm³/mol. The highest BCUT2D eigenvalue weighted by Crippen LogP contribution is 2.22. The molecule has 1 heterocycles. The minimum Gasteiger partial charge on any atom is -0.480 e. The maximum Gasteiger partial charge on any atom is 0.261 e. The van der Waals surface area contributed by atoms with E-state index in [9.17, 15) is 4.79 Å². The first-order valence-electron chi connectivity index (χ1n) is 7.51. The van der Waals surface area contributed by atoms with Crippen LogP contribution in [0.25, 0.3) is 0 Å². The highest BCUT2D eigenvalue weighted by molar-refractivity contribution is 5.81. The van der Waals surface area contributed by atoms with Crippen LogP contribution in [-0.4, -0.2) is 17.0 Å². The number of hydrogen-bond acceptors (Lipinski definition) is 3. The average Bonchev–Trinajstić information content (AvgIpc) is 2.55. The quantitative estimate of drug-likeness (QED) is 0.891. The van der Waals surface area contributed by atoms with E-state index < -0.39 is 6.10 Å². The SMILES string of the molecule is CC[C@@H](Oc1cccc(C)c1C)C(=O)NCc1cccnc1. The minimum absolute atomic E-state index is 0.104. The van der Waals surface area contributed by atoms with E-state index in [1.54, 1.807) is 12.4 Å². The smallest absolute Gasteiger partial charge is 0.261 e. The second-order valence-corrected chi connectivity index (χ2v) is 5.29. The number of nitrogens with zero attached hydrogens (tertiary/aromatic N) is 1. The lowest BCUT2D eigenvalue weighted by molar-refractivity contribution is -0.128. The molecule has 1 aromatic carbocycles. The lowest BCUT2D eigenvalue weighted by Crippen LogP contribution is -2.37. The number of pyridine rings is 1. The van der Waals surface area contributed by atoms with Crippen molar-refractivity contribution in [1.29, 1.82) is 0 Å². The van der Waals surface area contributed by atoms with Gasteiger partial charge in [-0.3, -0.25) is 9.78 Å². The highest BCUT2D eigenvalue weighted by atomic mass is 16.5. The van der Waals surface area contributed by atoms with Crippen LogP contribution in [0, 0.1) is 13.8 Å². The number of aromatic nitrogens is 1. The fourth-order valence-electron chi connectivity index (χ4n) is 2.13. The lowest BCUT2D eigenvalue weighted by atomic mass is 10.1. The van der Waals surface area contributed by atoms with E-state index in [4.69, 9.17) is 4.74 Å². The van der Waals surface area contributed by atoms with Crippen LogP contribution in [-0.2, 0) is 11.3 Å². The number of hydrogen-bond donors (Lipinski definition) is 1. The van der Waals surface area contributed by atoms with Crippen molar-refractivity contribution in [3.8, 4) is 5.75 Å². The summed E-state index contributed by atoms with van der Waals surface area (Å²) in [4.78, 5) is 16.3. The van der Waals surface area contributed by atoms with Gasteiger partial charge in [0.25, 0.3) is 5.91 Å². The Morgan fingerprint density at radius 3 is 2.77 bits per heavy atom. The molecule has 1 N–H and O–H groups in total. The van der Waals surface area contributed by atoms with Gasteiger partial charge in [0.15, 0.2) is 6.10 Å². The molecule has 1 atom stereocenters. The fourth-order valence-corrected chi connectivity index (χ4v) is 2.13. The van der Waals surface area contributed by atoms with Crippen LogP contribution in [0.3, 0.4) is 0 Å². The lowest BCUT2D eigenvalue weighted by Gasteiger charge is -2.19. The third-order valence-electron chi connectivity index (χ3n) is 3.68. The van der Waals surface area contributed by atoms with Gasteiger partial charge in [0, 0.05) is 18.9 Å². The zero-order valence-electron chi connectivity index (χ0n) is 13.3. The minimum atomic E-state index is -0.489. The first-order chi connectivity index (χ1) is 10.6. The van der Waals surface area contributed by atoms with Gasteiger partial charge in [0.05, 0.1) is 0 Å². The number of carbonyl (C=O) groups is 1. The van der Waals surface area contributed by atoms with E-state index in [0.717, 1.165) is 22.4 Å². The highest BCUT2D eigenvalue weighted by Gasteiger charge is 2.19. The maximum absolute atomic E-state index is 12.3. The van der Waals surface area contributed by atoms with Crippen LogP contribution >= 0.6 is 0 Å². The Kier molecular flexibility index (Phi) is 5.53. The van der Waals surface area contributed by atoms with E-state index in [0.29, 0.717) is 13.0 Å². The Morgan fingerprint density at radius 1 is 1.27 bits per heavy atom. The summed E-state index contributed by atoms with van der Waals surface area (Å²) in [6.07, 6.45) is 3.58. The second kappa shape index (κ2) is 7.59. The fraction of sp³-hybridized carbons (Fsp3) is 0.333. The number of amides is 1. The van der Waals surface area contributed by atoms with Crippen LogP contribution in [0.1, 0.15) is 30.0 Å². The molecule has 0 radical (unpaired) electrons. The Hall–Kier alpha value is -2.36. The van der Waals surface area contributed by atoms with E-state index in [-0.39, 0.29) is 5.91 Å². The molecule has 0 aliphatic carbocycles. The monoisotopic (exact) mass is 298 g/mol. The number of nitrogens with one attached hydrogen (secondary N) is 1. The van der Waals surface area contributed by atoms with E-state index in [1.807, 2.05) is 51.1 Å². The van der Waals surface area contributed by atoms with Gasteiger partial charge >= 0.3 is 0 Å². The van der Waals surface area contributed by atoms with Gasteiger partial charge in [-0.2, -0.15) is 0 Å².